The highest BCUT2D eigenvalue weighted by Gasteiger charge is 2.20. The van der Waals surface area contributed by atoms with E-state index in [4.69, 9.17) is 9.47 Å². The molecule has 3 rings (SSSR count). The van der Waals surface area contributed by atoms with Gasteiger partial charge < -0.3 is 19.5 Å². The molecule has 1 aliphatic heterocycles. The van der Waals surface area contributed by atoms with Crippen LogP contribution in [0.4, 0.5) is 5.69 Å². The van der Waals surface area contributed by atoms with Gasteiger partial charge in [-0.05, 0) is 42.0 Å². The van der Waals surface area contributed by atoms with E-state index in [0.29, 0.717) is 6.54 Å². The van der Waals surface area contributed by atoms with Crippen LogP contribution >= 0.6 is 0 Å². The number of piperazine rings is 1. The lowest BCUT2D eigenvalue weighted by molar-refractivity contribution is 0.109. The van der Waals surface area contributed by atoms with Gasteiger partial charge >= 0.3 is 0 Å². The van der Waals surface area contributed by atoms with Crippen LogP contribution in [0.15, 0.2) is 48.5 Å². The molecule has 2 aromatic rings. The number of hydrogen-bond donors (Lipinski definition) is 1. The lowest BCUT2D eigenvalue weighted by atomic mass is 10.1. The molecule has 1 atom stereocenters. The Balaban J connectivity index is 1.51. The lowest BCUT2D eigenvalue weighted by Crippen LogP contribution is -2.47. The molecule has 0 spiro atoms. The second kappa shape index (κ2) is 8.23. The van der Waals surface area contributed by atoms with Crippen LogP contribution in [0.25, 0.3) is 0 Å². The number of aliphatic hydroxyl groups is 1. The van der Waals surface area contributed by atoms with Gasteiger partial charge in [0.2, 0.25) is 0 Å². The van der Waals surface area contributed by atoms with Gasteiger partial charge in [0, 0.05) is 38.4 Å². The molecule has 25 heavy (non-hydrogen) atoms. The van der Waals surface area contributed by atoms with E-state index in [1.165, 1.54) is 5.69 Å². The van der Waals surface area contributed by atoms with Crippen molar-refractivity contribution in [3.8, 4) is 11.5 Å². The lowest BCUT2D eigenvalue weighted by Gasteiger charge is -2.37. The molecule has 1 saturated heterocycles. The highest BCUT2D eigenvalue weighted by Crippen LogP contribution is 2.22. The fourth-order valence-corrected chi connectivity index (χ4v) is 3.16. The summed E-state index contributed by atoms with van der Waals surface area (Å²) in [5, 5.41) is 10.5. The smallest absolute Gasteiger partial charge is 0.119 e. The fourth-order valence-electron chi connectivity index (χ4n) is 3.16. The monoisotopic (exact) mass is 342 g/mol. The van der Waals surface area contributed by atoms with Crippen LogP contribution < -0.4 is 14.4 Å². The largest absolute Gasteiger partial charge is 0.497 e. The summed E-state index contributed by atoms with van der Waals surface area (Å²) < 4.78 is 10.4. The summed E-state index contributed by atoms with van der Waals surface area (Å²) in [5.74, 6) is 1.69. The quantitative estimate of drug-likeness (QED) is 0.874. The van der Waals surface area contributed by atoms with Gasteiger partial charge in [0.1, 0.15) is 11.5 Å². The Morgan fingerprint density at radius 3 is 1.88 bits per heavy atom. The summed E-state index contributed by atoms with van der Waals surface area (Å²) in [6, 6.07) is 15.8. The summed E-state index contributed by atoms with van der Waals surface area (Å²) >= 11 is 0. The molecule has 1 heterocycles. The first-order valence-electron chi connectivity index (χ1n) is 8.63. The van der Waals surface area contributed by atoms with Crippen LogP contribution in [0, 0.1) is 0 Å². The maximum Gasteiger partial charge on any atom is 0.119 e. The van der Waals surface area contributed by atoms with Crippen molar-refractivity contribution in [2.75, 3.05) is 51.8 Å². The standard InChI is InChI=1S/C20H26N2O3/c1-24-18-7-3-16(4-8-18)20(23)15-21-11-13-22(14-12-21)17-5-9-19(25-2)10-6-17/h3-10,20,23H,11-15H2,1-2H3/t20-/m0/s1. The number of β-amino-alcohol motifs (C(OH)–C–C–N with tert-alkyl or cyclic N) is 1. The Kier molecular flexibility index (Phi) is 5.79. The van der Waals surface area contributed by atoms with Gasteiger partial charge in [-0.25, -0.2) is 0 Å². The number of ether oxygens (including phenoxy) is 2. The van der Waals surface area contributed by atoms with Crippen molar-refractivity contribution in [3.63, 3.8) is 0 Å². The van der Waals surface area contributed by atoms with E-state index in [0.717, 1.165) is 43.2 Å². The zero-order valence-electron chi connectivity index (χ0n) is 14.9. The summed E-state index contributed by atoms with van der Waals surface area (Å²) in [5.41, 5.74) is 2.15. The van der Waals surface area contributed by atoms with E-state index in [9.17, 15) is 5.11 Å². The third kappa shape index (κ3) is 4.44. The number of hydrogen-bond acceptors (Lipinski definition) is 5. The second-order valence-electron chi connectivity index (χ2n) is 6.27. The first-order valence-corrected chi connectivity index (χ1v) is 8.63. The molecular formula is C20H26N2O3. The minimum atomic E-state index is -0.474. The third-order valence-corrected chi connectivity index (χ3v) is 4.74. The third-order valence-electron chi connectivity index (χ3n) is 4.74. The van der Waals surface area contributed by atoms with E-state index in [2.05, 4.69) is 21.9 Å². The first kappa shape index (κ1) is 17.6. The fraction of sp³-hybridized carbons (Fsp3) is 0.400. The molecule has 1 aliphatic rings. The van der Waals surface area contributed by atoms with Crippen LogP contribution in [0.1, 0.15) is 11.7 Å². The van der Waals surface area contributed by atoms with E-state index < -0.39 is 6.10 Å². The van der Waals surface area contributed by atoms with Gasteiger partial charge in [0.05, 0.1) is 20.3 Å². The van der Waals surface area contributed by atoms with Gasteiger partial charge in [0.25, 0.3) is 0 Å². The van der Waals surface area contributed by atoms with Crippen molar-refractivity contribution in [1.82, 2.24) is 4.90 Å². The number of anilines is 1. The van der Waals surface area contributed by atoms with Crippen LogP contribution in [-0.4, -0.2) is 56.9 Å². The highest BCUT2D eigenvalue weighted by molar-refractivity contribution is 5.49. The summed E-state index contributed by atoms with van der Waals surface area (Å²) in [7, 11) is 3.33. The Hall–Kier alpha value is -2.24. The van der Waals surface area contributed by atoms with Gasteiger partial charge in [-0.1, -0.05) is 12.1 Å². The molecule has 0 aliphatic carbocycles. The Labute approximate surface area is 149 Å². The van der Waals surface area contributed by atoms with Crippen molar-refractivity contribution >= 4 is 5.69 Å². The van der Waals surface area contributed by atoms with Crippen molar-refractivity contribution in [2.24, 2.45) is 0 Å². The Morgan fingerprint density at radius 1 is 0.840 bits per heavy atom. The molecule has 0 amide bonds. The Morgan fingerprint density at radius 2 is 1.36 bits per heavy atom. The van der Waals surface area contributed by atoms with Crippen LogP contribution in [-0.2, 0) is 0 Å². The van der Waals surface area contributed by atoms with Gasteiger partial charge in [0.15, 0.2) is 0 Å². The van der Waals surface area contributed by atoms with Crippen molar-refractivity contribution in [3.05, 3.63) is 54.1 Å². The van der Waals surface area contributed by atoms with E-state index in [1.54, 1.807) is 14.2 Å². The number of rotatable bonds is 6. The molecule has 5 heteroatoms. The molecular weight excluding hydrogens is 316 g/mol. The van der Waals surface area contributed by atoms with Gasteiger partial charge in [-0.15, -0.1) is 0 Å². The molecule has 0 saturated carbocycles. The van der Waals surface area contributed by atoms with Crippen molar-refractivity contribution < 1.29 is 14.6 Å². The second-order valence-corrected chi connectivity index (χ2v) is 6.27. The molecule has 2 aromatic carbocycles. The zero-order chi connectivity index (χ0) is 17.6. The van der Waals surface area contributed by atoms with Crippen LogP contribution in [0.5, 0.6) is 11.5 Å². The van der Waals surface area contributed by atoms with E-state index >= 15 is 0 Å². The highest BCUT2D eigenvalue weighted by atomic mass is 16.5. The minimum absolute atomic E-state index is 0.474. The molecule has 0 aromatic heterocycles. The maximum absolute atomic E-state index is 10.5. The molecule has 0 radical (unpaired) electrons. The average Bonchev–Trinajstić information content (AvgIpc) is 2.68. The van der Waals surface area contributed by atoms with Crippen LogP contribution in [0.2, 0.25) is 0 Å². The number of nitrogens with zero attached hydrogens (tertiary/aromatic N) is 2. The molecule has 134 valence electrons. The Bertz CT molecular complexity index is 650. The van der Waals surface area contributed by atoms with E-state index in [1.807, 2.05) is 36.4 Å². The van der Waals surface area contributed by atoms with E-state index in [-0.39, 0.29) is 0 Å². The predicted molar refractivity (Wildman–Crippen MR) is 99.6 cm³/mol. The van der Waals surface area contributed by atoms with Gasteiger partial charge in [-0.2, -0.15) is 0 Å². The predicted octanol–water partition coefficient (Wildman–Crippen LogP) is 2.56. The molecule has 0 unspecified atom stereocenters. The molecule has 0 bridgehead atoms. The number of methoxy groups -OCH3 is 2. The molecule has 1 N–H and O–H groups in total. The normalized spacial score (nSPS) is 16.5. The molecule has 1 fully saturated rings. The van der Waals surface area contributed by atoms with Crippen molar-refractivity contribution in [2.45, 2.75) is 6.10 Å². The average molecular weight is 342 g/mol. The number of benzene rings is 2. The summed E-state index contributed by atoms with van der Waals surface area (Å²) in [6.07, 6.45) is -0.474. The summed E-state index contributed by atoms with van der Waals surface area (Å²) in [6.45, 7) is 4.46. The van der Waals surface area contributed by atoms with Crippen molar-refractivity contribution in [1.29, 1.82) is 0 Å². The first-order chi connectivity index (χ1) is 12.2. The number of aliphatic hydroxyl groups excluding tert-OH is 1. The van der Waals surface area contributed by atoms with Gasteiger partial charge in [-0.3, -0.25) is 4.90 Å². The minimum Gasteiger partial charge on any atom is -0.497 e. The SMILES string of the molecule is COc1ccc([C@@H](O)CN2CCN(c3ccc(OC)cc3)CC2)cc1. The zero-order valence-corrected chi connectivity index (χ0v) is 14.9. The molecule has 5 nitrogen and oxygen atoms in total. The summed E-state index contributed by atoms with van der Waals surface area (Å²) in [4.78, 5) is 4.69. The van der Waals surface area contributed by atoms with Crippen LogP contribution in [0.3, 0.4) is 0 Å². The maximum atomic E-state index is 10.5. The topological polar surface area (TPSA) is 45.2 Å².